The van der Waals surface area contributed by atoms with E-state index in [4.69, 9.17) is 15.3 Å². The van der Waals surface area contributed by atoms with E-state index in [1.54, 1.807) is 18.2 Å². The maximum Gasteiger partial charge on any atom is 0.320 e. The lowest BCUT2D eigenvalue weighted by Gasteiger charge is -2.05. The van der Waals surface area contributed by atoms with Gasteiger partial charge in [-0.05, 0) is 24.1 Å². The quantitative estimate of drug-likeness (QED) is 0.774. The van der Waals surface area contributed by atoms with Crippen molar-refractivity contribution in [3.8, 4) is 0 Å². The molecule has 15 heavy (non-hydrogen) atoms. The number of hydrogen-bond acceptors (Lipinski definition) is 4. The van der Waals surface area contributed by atoms with E-state index in [0.29, 0.717) is 11.1 Å². The molecule has 5 nitrogen and oxygen atoms in total. The largest absolute Gasteiger partial charge is 0.480 e. The minimum absolute atomic E-state index is 0.290. The zero-order valence-electron chi connectivity index (χ0n) is 7.88. The van der Waals surface area contributed by atoms with Gasteiger partial charge in [-0.25, -0.2) is 4.98 Å². The van der Waals surface area contributed by atoms with Crippen molar-refractivity contribution in [2.75, 3.05) is 0 Å². The van der Waals surface area contributed by atoms with E-state index in [1.807, 2.05) is 0 Å². The van der Waals surface area contributed by atoms with Gasteiger partial charge in [0.05, 0.1) is 0 Å². The molecule has 0 aliphatic rings. The number of benzene rings is 1. The van der Waals surface area contributed by atoms with Gasteiger partial charge in [0.1, 0.15) is 11.6 Å². The Bertz CT molecular complexity index is 492. The van der Waals surface area contributed by atoms with Gasteiger partial charge in [0.2, 0.25) is 0 Å². The van der Waals surface area contributed by atoms with Gasteiger partial charge in [-0.1, -0.05) is 6.07 Å². The average Bonchev–Trinajstić information content (AvgIpc) is 2.64. The summed E-state index contributed by atoms with van der Waals surface area (Å²) in [6.07, 6.45) is 1.64. The Labute approximate surface area is 85.5 Å². The highest BCUT2D eigenvalue weighted by molar-refractivity contribution is 5.75. The van der Waals surface area contributed by atoms with Crippen molar-refractivity contribution in [3.05, 3.63) is 30.2 Å². The standard InChI is InChI=1S/C10H10N2O3/c11-7(10(13)14)3-6-1-2-9-8(4-6)12-5-15-9/h1-2,4-5,7H,3,11H2,(H,13,14)/t7-/m1/s1. The number of rotatable bonds is 3. The van der Waals surface area contributed by atoms with Crippen molar-refractivity contribution >= 4 is 17.1 Å². The summed E-state index contributed by atoms with van der Waals surface area (Å²) in [6.45, 7) is 0. The van der Waals surface area contributed by atoms with Crippen molar-refractivity contribution in [2.45, 2.75) is 12.5 Å². The van der Waals surface area contributed by atoms with Crippen LogP contribution in [-0.2, 0) is 11.2 Å². The van der Waals surface area contributed by atoms with E-state index in [2.05, 4.69) is 4.98 Å². The first-order chi connectivity index (χ1) is 7.16. The molecule has 1 aromatic carbocycles. The van der Waals surface area contributed by atoms with Gasteiger partial charge in [-0.15, -0.1) is 0 Å². The number of oxazole rings is 1. The van der Waals surface area contributed by atoms with Gasteiger partial charge in [-0.2, -0.15) is 0 Å². The van der Waals surface area contributed by atoms with Crippen molar-refractivity contribution in [1.29, 1.82) is 0 Å². The molecule has 1 aromatic heterocycles. The summed E-state index contributed by atoms with van der Waals surface area (Å²) in [6, 6.07) is 4.44. The molecular weight excluding hydrogens is 196 g/mol. The van der Waals surface area contributed by atoms with Crippen LogP contribution in [0, 0.1) is 0 Å². The van der Waals surface area contributed by atoms with Crippen LogP contribution in [-0.4, -0.2) is 22.1 Å². The van der Waals surface area contributed by atoms with Crippen LogP contribution in [0.4, 0.5) is 0 Å². The summed E-state index contributed by atoms with van der Waals surface area (Å²) < 4.78 is 5.07. The lowest BCUT2D eigenvalue weighted by molar-refractivity contribution is -0.138. The molecule has 2 rings (SSSR count). The average molecular weight is 206 g/mol. The Morgan fingerprint density at radius 1 is 1.60 bits per heavy atom. The Morgan fingerprint density at radius 3 is 3.13 bits per heavy atom. The van der Waals surface area contributed by atoms with Gasteiger partial charge < -0.3 is 15.3 Å². The van der Waals surface area contributed by atoms with Crippen molar-refractivity contribution < 1.29 is 14.3 Å². The van der Waals surface area contributed by atoms with Crippen LogP contribution >= 0.6 is 0 Å². The second-order valence-corrected chi connectivity index (χ2v) is 3.30. The number of carboxylic acid groups (broad SMARTS) is 1. The highest BCUT2D eigenvalue weighted by Gasteiger charge is 2.12. The minimum Gasteiger partial charge on any atom is -0.480 e. The lowest BCUT2D eigenvalue weighted by atomic mass is 10.1. The van der Waals surface area contributed by atoms with E-state index >= 15 is 0 Å². The monoisotopic (exact) mass is 206 g/mol. The van der Waals surface area contributed by atoms with E-state index in [0.717, 1.165) is 5.56 Å². The molecule has 2 aromatic rings. The van der Waals surface area contributed by atoms with Crippen LogP contribution in [0.2, 0.25) is 0 Å². The van der Waals surface area contributed by atoms with E-state index in [9.17, 15) is 4.79 Å². The fourth-order valence-corrected chi connectivity index (χ4v) is 1.37. The predicted octanol–water partition coefficient (Wildman–Crippen LogP) is 0.782. The number of nitrogens with two attached hydrogens (primary N) is 1. The van der Waals surface area contributed by atoms with Crippen LogP contribution < -0.4 is 5.73 Å². The van der Waals surface area contributed by atoms with Crippen LogP contribution in [0.15, 0.2) is 29.0 Å². The Balaban J connectivity index is 2.24. The highest BCUT2D eigenvalue weighted by Crippen LogP contribution is 2.14. The van der Waals surface area contributed by atoms with Gasteiger partial charge in [-0.3, -0.25) is 4.79 Å². The smallest absolute Gasteiger partial charge is 0.320 e. The number of carbonyl (C=O) groups is 1. The van der Waals surface area contributed by atoms with Gasteiger partial charge in [0.25, 0.3) is 0 Å². The molecular formula is C10H10N2O3. The molecule has 0 fully saturated rings. The maximum absolute atomic E-state index is 10.6. The SMILES string of the molecule is N[C@H](Cc1ccc2ocnc2c1)C(=O)O. The summed E-state index contributed by atoms with van der Waals surface area (Å²) in [4.78, 5) is 14.5. The van der Waals surface area contributed by atoms with Crippen molar-refractivity contribution in [3.63, 3.8) is 0 Å². The Kier molecular flexibility index (Phi) is 2.39. The molecule has 78 valence electrons. The number of fused-ring (bicyclic) bond motifs is 1. The molecule has 0 unspecified atom stereocenters. The molecule has 0 aliphatic carbocycles. The maximum atomic E-state index is 10.6. The van der Waals surface area contributed by atoms with Crippen LogP contribution in [0.1, 0.15) is 5.56 Å². The first-order valence-corrected chi connectivity index (χ1v) is 4.47. The molecule has 0 aliphatic heterocycles. The molecule has 0 spiro atoms. The van der Waals surface area contributed by atoms with Crippen LogP contribution in [0.5, 0.6) is 0 Å². The molecule has 0 bridgehead atoms. The topological polar surface area (TPSA) is 89.4 Å². The predicted molar refractivity (Wildman–Crippen MR) is 53.3 cm³/mol. The van der Waals surface area contributed by atoms with E-state index in [-0.39, 0.29) is 6.42 Å². The molecule has 0 radical (unpaired) electrons. The molecule has 5 heteroatoms. The number of aliphatic carboxylic acids is 1. The highest BCUT2D eigenvalue weighted by atomic mass is 16.4. The molecule has 3 N–H and O–H groups in total. The number of hydrogen-bond donors (Lipinski definition) is 2. The van der Waals surface area contributed by atoms with Crippen molar-refractivity contribution in [2.24, 2.45) is 5.73 Å². The normalized spacial score (nSPS) is 12.9. The third-order valence-corrected chi connectivity index (χ3v) is 2.17. The van der Waals surface area contributed by atoms with Gasteiger partial charge in [0.15, 0.2) is 12.0 Å². The molecule has 0 saturated heterocycles. The van der Waals surface area contributed by atoms with Crippen molar-refractivity contribution in [1.82, 2.24) is 4.98 Å². The summed E-state index contributed by atoms with van der Waals surface area (Å²) in [5, 5.41) is 8.66. The fraction of sp³-hybridized carbons (Fsp3) is 0.200. The minimum atomic E-state index is -1.00. The lowest BCUT2D eigenvalue weighted by Crippen LogP contribution is -2.32. The third-order valence-electron chi connectivity index (χ3n) is 2.17. The number of aromatic nitrogens is 1. The molecule has 0 amide bonds. The van der Waals surface area contributed by atoms with E-state index in [1.165, 1.54) is 6.39 Å². The Morgan fingerprint density at radius 2 is 2.40 bits per heavy atom. The van der Waals surface area contributed by atoms with Crippen LogP contribution in [0.25, 0.3) is 11.1 Å². The zero-order valence-corrected chi connectivity index (χ0v) is 7.88. The summed E-state index contributed by atoms with van der Waals surface area (Å²) in [7, 11) is 0. The molecule has 1 heterocycles. The van der Waals surface area contributed by atoms with Crippen LogP contribution in [0.3, 0.4) is 0 Å². The molecule has 0 saturated carbocycles. The Hall–Kier alpha value is -1.88. The van der Waals surface area contributed by atoms with E-state index < -0.39 is 12.0 Å². The second kappa shape index (κ2) is 3.70. The third kappa shape index (κ3) is 1.97. The zero-order chi connectivity index (χ0) is 10.8. The second-order valence-electron chi connectivity index (χ2n) is 3.30. The first kappa shape index (κ1) is 9.67. The fourth-order valence-electron chi connectivity index (χ4n) is 1.37. The number of nitrogens with zero attached hydrogens (tertiary/aromatic N) is 1. The first-order valence-electron chi connectivity index (χ1n) is 4.47. The number of carboxylic acids is 1. The van der Waals surface area contributed by atoms with Gasteiger partial charge in [0, 0.05) is 0 Å². The summed E-state index contributed by atoms with van der Waals surface area (Å²) >= 11 is 0. The van der Waals surface area contributed by atoms with Gasteiger partial charge >= 0.3 is 5.97 Å². The molecule has 1 atom stereocenters. The summed E-state index contributed by atoms with van der Waals surface area (Å²) in [5.74, 6) is -1.00. The summed E-state index contributed by atoms with van der Waals surface area (Å²) in [5.41, 5.74) is 7.66.